The van der Waals surface area contributed by atoms with Crippen molar-refractivity contribution in [2.75, 3.05) is 0 Å². The summed E-state index contributed by atoms with van der Waals surface area (Å²) in [4.78, 5) is 0.0146. The highest BCUT2D eigenvalue weighted by molar-refractivity contribution is 9.10. The first-order valence-electron chi connectivity index (χ1n) is 4.93. The summed E-state index contributed by atoms with van der Waals surface area (Å²) in [7, 11) is 0. The summed E-state index contributed by atoms with van der Waals surface area (Å²) in [6, 6.07) is 3.71. The molecule has 2 rings (SSSR count). The Kier molecular flexibility index (Phi) is 4.01. The van der Waals surface area contributed by atoms with Crippen molar-refractivity contribution >= 4 is 33.1 Å². The Morgan fingerprint density at radius 1 is 1.37 bits per heavy atom. The van der Waals surface area contributed by atoms with E-state index in [0.717, 1.165) is 6.07 Å². The Bertz CT molecular complexity index is 654. The lowest BCUT2D eigenvalue weighted by Gasteiger charge is -2.09. The van der Waals surface area contributed by atoms with Gasteiger partial charge in [-0.15, -0.1) is 5.10 Å². The number of nitrogens with zero attached hydrogens (tertiary/aromatic N) is 2. The van der Waals surface area contributed by atoms with E-state index in [1.165, 1.54) is 18.3 Å². The number of halogens is 3. The largest absolute Gasteiger partial charge is 0.434 e. The minimum atomic E-state index is -1.14. The van der Waals surface area contributed by atoms with Crippen LogP contribution in [0.4, 0.5) is 8.78 Å². The van der Waals surface area contributed by atoms with Crippen LogP contribution in [0.5, 0.6) is 11.6 Å². The van der Waals surface area contributed by atoms with Crippen LogP contribution in [0.2, 0.25) is 0 Å². The number of hydrogen-bond acceptors (Lipinski definition) is 4. The normalized spacial score (nSPS) is 10.3. The topological polar surface area (TPSA) is 61.0 Å². The van der Waals surface area contributed by atoms with E-state index in [9.17, 15) is 8.78 Å². The predicted molar refractivity (Wildman–Crippen MR) is 72.1 cm³/mol. The van der Waals surface area contributed by atoms with Crippen molar-refractivity contribution < 1.29 is 13.5 Å². The second-order valence-corrected chi connectivity index (χ2v) is 4.77. The highest BCUT2D eigenvalue weighted by atomic mass is 79.9. The van der Waals surface area contributed by atoms with E-state index in [4.69, 9.17) is 22.7 Å². The Balaban J connectivity index is 2.45. The Hall–Kier alpha value is -1.67. The molecule has 19 heavy (non-hydrogen) atoms. The average molecular weight is 346 g/mol. The minimum absolute atomic E-state index is 0.0146. The van der Waals surface area contributed by atoms with E-state index >= 15 is 0 Å². The Morgan fingerprint density at radius 2 is 2.11 bits per heavy atom. The quantitative estimate of drug-likeness (QED) is 0.684. The molecule has 98 valence electrons. The highest BCUT2D eigenvalue weighted by Gasteiger charge is 2.15. The summed E-state index contributed by atoms with van der Waals surface area (Å²) in [6.45, 7) is 0. The molecule has 0 aliphatic carbocycles. The van der Waals surface area contributed by atoms with Gasteiger partial charge in [-0.3, -0.25) is 0 Å². The molecule has 1 aromatic carbocycles. The molecule has 0 aliphatic rings. The number of benzene rings is 1. The van der Waals surface area contributed by atoms with Gasteiger partial charge in [0.05, 0.1) is 11.8 Å². The molecular formula is C11H6BrF2N3OS. The van der Waals surface area contributed by atoms with E-state index in [0.29, 0.717) is 4.47 Å². The summed E-state index contributed by atoms with van der Waals surface area (Å²) in [5.41, 5.74) is 5.75. The number of aromatic nitrogens is 2. The third kappa shape index (κ3) is 3.02. The number of ether oxygens (including phenoxy) is 1. The first-order chi connectivity index (χ1) is 8.99. The molecule has 1 aromatic heterocycles. The Morgan fingerprint density at radius 3 is 2.79 bits per heavy atom. The third-order valence-corrected chi connectivity index (χ3v) is 2.80. The van der Waals surface area contributed by atoms with E-state index in [-0.39, 0.29) is 22.2 Å². The van der Waals surface area contributed by atoms with Crippen LogP contribution >= 0.6 is 28.1 Å². The van der Waals surface area contributed by atoms with E-state index < -0.39 is 11.6 Å². The lowest BCUT2D eigenvalue weighted by molar-refractivity contribution is 0.400. The Labute approximate surface area is 120 Å². The van der Waals surface area contributed by atoms with Gasteiger partial charge < -0.3 is 10.5 Å². The van der Waals surface area contributed by atoms with Crippen molar-refractivity contribution in [3.05, 3.63) is 46.1 Å². The van der Waals surface area contributed by atoms with E-state index in [1.807, 2.05) is 0 Å². The van der Waals surface area contributed by atoms with Gasteiger partial charge in [0.1, 0.15) is 4.99 Å². The summed E-state index contributed by atoms with van der Waals surface area (Å²) < 4.78 is 32.3. The van der Waals surface area contributed by atoms with Crippen LogP contribution in [0.15, 0.2) is 28.9 Å². The highest BCUT2D eigenvalue weighted by Crippen LogP contribution is 2.29. The van der Waals surface area contributed by atoms with Gasteiger partial charge in [-0.25, -0.2) is 4.39 Å². The van der Waals surface area contributed by atoms with E-state index in [1.54, 1.807) is 0 Å². The van der Waals surface area contributed by atoms with Crippen LogP contribution in [0, 0.1) is 11.6 Å². The molecule has 0 radical (unpaired) electrons. The molecule has 0 spiro atoms. The maximum absolute atomic E-state index is 13.6. The van der Waals surface area contributed by atoms with Crippen LogP contribution in [0.3, 0.4) is 0 Å². The van der Waals surface area contributed by atoms with Crippen molar-refractivity contribution in [1.29, 1.82) is 0 Å². The monoisotopic (exact) mass is 345 g/mol. The molecule has 0 fully saturated rings. The van der Waals surface area contributed by atoms with Gasteiger partial charge in [-0.05, 0) is 18.2 Å². The van der Waals surface area contributed by atoms with Crippen LogP contribution < -0.4 is 10.5 Å². The maximum Gasteiger partial charge on any atom is 0.249 e. The third-order valence-electron chi connectivity index (χ3n) is 2.12. The number of rotatable bonds is 3. The molecule has 0 unspecified atom stereocenters. The molecular weight excluding hydrogens is 340 g/mol. The molecule has 8 heteroatoms. The zero-order chi connectivity index (χ0) is 14.0. The summed E-state index contributed by atoms with van der Waals surface area (Å²) in [5, 5.41) is 7.23. The fraction of sp³-hybridized carbons (Fsp3) is 0. The molecule has 0 aliphatic heterocycles. The van der Waals surface area contributed by atoms with Gasteiger partial charge >= 0.3 is 0 Å². The van der Waals surface area contributed by atoms with Crippen LogP contribution in [0.25, 0.3) is 0 Å². The SMILES string of the molecule is NC(=S)c1ccnnc1Oc1cc(Br)cc(F)c1F. The number of nitrogens with two attached hydrogens (primary N) is 1. The van der Waals surface area contributed by atoms with Crippen LogP contribution in [-0.4, -0.2) is 15.2 Å². The first-order valence-corrected chi connectivity index (χ1v) is 6.13. The van der Waals surface area contributed by atoms with Crippen LogP contribution in [0.1, 0.15) is 5.56 Å². The predicted octanol–water partition coefficient (Wildman–Crippen LogP) is 2.94. The molecule has 2 N–H and O–H groups in total. The molecule has 2 aromatic rings. The molecule has 0 amide bonds. The summed E-state index contributed by atoms with van der Waals surface area (Å²) in [5.74, 6) is -2.62. The zero-order valence-corrected chi connectivity index (χ0v) is 11.6. The minimum Gasteiger partial charge on any atom is -0.434 e. The summed E-state index contributed by atoms with van der Waals surface area (Å²) in [6.07, 6.45) is 1.36. The lowest BCUT2D eigenvalue weighted by Crippen LogP contribution is -2.12. The first kappa shape index (κ1) is 13.8. The van der Waals surface area contributed by atoms with E-state index in [2.05, 4.69) is 26.1 Å². The fourth-order valence-electron chi connectivity index (χ4n) is 1.29. The number of hydrogen-bond donors (Lipinski definition) is 1. The smallest absolute Gasteiger partial charge is 0.249 e. The molecule has 0 atom stereocenters. The molecule has 0 saturated carbocycles. The van der Waals surface area contributed by atoms with Gasteiger partial charge in [0, 0.05) is 4.47 Å². The van der Waals surface area contributed by atoms with Crippen molar-refractivity contribution in [3.8, 4) is 11.6 Å². The average Bonchev–Trinajstić information content (AvgIpc) is 2.35. The molecule has 4 nitrogen and oxygen atoms in total. The second-order valence-electron chi connectivity index (χ2n) is 3.42. The standard InChI is InChI=1S/C11H6BrF2N3OS/c12-5-3-7(13)9(14)8(4-5)18-11-6(10(15)19)1-2-16-17-11/h1-4H,(H2,15,19). The fourth-order valence-corrected chi connectivity index (χ4v) is 1.86. The number of thiocarbonyl (C=S) groups is 1. The van der Waals surface area contributed by atoms with Crippen molar-refractivity contribution in [1.82, 2.24) is 10.2 Å². The van der Waals surface area contributed by atoms with Crippen molar-refractivity contribution in [3.63, 3.8) is 0 Å². The van der Waals surface area contributed by atoms with Gasteiger partial charge in [0.15, 0.2) is 11.6 Å². The lowest BCUT2D eigenvalue weighted by atomic mass is 10.3. The van der Waals surface area contributed by atoms with Crippen molar-refractivity contribution in [2.45, 2.75) is 0 Å². The molecule has 1 heterocycles. The summed E-state index contributed by atoms with van der Waals surface area (Å²) >= 11 is 7.84. The van der Waals surface area contributed by atoms with Crippen molar-refractivity contribution in [2.24, 2.45) is 5.73 Å². The second kappa shape index (κ2) is 5.54. The van der Waals surface area contributed by atoms with Gasteiger partial charge in [-0.1, -0.05) is 28.1 Å². The van der Waals surface area contributed by atoms with Gasteiger partial charge in [0.2, 0.25) is 11.7 Å². The molecule has 0 bridgehead atoms. The zero-order valence-electron chi connectivity index (χ0n) is 9.23. The van der Waals surface area contributed by atoms with Gasteiger partial charge in [-0.2, -0.15) is 9.49 Å². The molecule has 0 saturated heterocycles. The maximum atomic E-state index is 13.6. The van der Waals surface area contributed by atoms with Crippen LogP contribution in [-0.2, 0) is 0 Å². The van der Waals surface area contributed by atoms with Gasteiger partial charge in [0.25, 0.3) is 0 Å².